The Kier molecular flexibility index (Phi) is 5.38. The van der Waals surface area contributed by atoms with Gasteiger partial charge in [-0.3, -0.25) is 0 Å². The van der Waals surface area contributed by atoms with Crippen molar-refractivity contribution in [2.45, 2.75) is 18.4 Å². The number of methoxy groups -OCH3 is 2. The molecule has 0 spiro atoms. The van der Waals surface area contributed by atoms with E-state index in [4.69, 9.17) is 9.47 Å². The Morgan fingerprint density at radius 2 is 1.74 bits per heavy atom. The molecule has 0 aliphatic rings. The van der Waals surface area contributed by atoms with Crippen LogP contribution in [-0.4, -0.2) is 27.2 Å². The van der Waals surface area contributed by atoms with Crippen molar-refractivity contribution in [3.8, 4) is 11.5 Å². The van der Waals surface area contributed by atoms with E-state index < -0.39 is 10.0 Å². The van der Waals surface area contributed by atoms with Crippen molar-refractivity contribution in [2.75, 3.05) is 14.2 Å². The van der Waals surface area contributed by atoms with Gasteiger partial charge in [-0.15, -0.1) is 11.0 Å². The maximum absolute atomic E-state index is 12.8. The smallest absolute Gasteiger partial charge is 0.285 e. The average molecular weight is 405 g/mol. The summed E-state index contributed by atoms with van der Waals surface area (Å²) in [5.41, 5.74) is 1.70. The van der Waals surface area contributed by atoms with Crippen LogP contribution in [0.2, 0.25) is 0 Å². The molecule has 0 amide bonds. The van der Waals surface area contributed by atoms with E-state index in [1.165, 1.54) is 11.3 Å². The lowest BCUT2D eigenvalue weighted by Crippen LogP contribution is -2.16. The summed E-state index contributed by atoms with van der Waals surface area (Å²) in [5, 5.41) is 0. The van der Waals surface area contributed by atoms with Gasteiger partial charge in [-0.25, -0.2) is 0 Å². The molecule has 6 nitrogen and oxygen atoms in total. The van der Waals surface area contributed by atoms with Crippen LogP contribution in [-0.2, 0) is 16.6 Å². The first kappa shape index (κ1) is 19.2. The summed E-state index contributed by atoms with van der Waals surface area (Å²) in [6.07, 6.45) is 1.68. The number of aryl methyl sites for hydroxylation is 1. The number of allylic oxidation sites excluding steroid dienone is 1. The molecule has 0 saturated heterocycles. The summed E-state index contributed by atoms with van der Waals surface area (Å²) in [7, 11) is -0.724. The number of fused-ring (bicyclic) bond motifs is 1. The number of ether oxygens (including phenoxy) is 2. The Morgan fingerprint density at radius 3 is 2.33 bits per heavy atom. The molecule has 0 radical (unpaired) electrons. The molecular weight excluding hydrogens is 384 g/mol. The van der Waals surface area contributed by atoms with Crippen LogP contribution in [0.5, 0.6) is 11.5 Å². The van der Waals surface area contributed by atoms with Crippen molar-refractivity contribution < 1.29 is 17.9 Å². The van der Waals surface area contributed by atoms with Gasteiger partial charge in [-0.1, -0.05) is 35.1 Å². The van der Waals surface area contributed by atoms with Gasteiger partial charge < -0.3 is 14.0 Å². The van der Waals surface area contributed by atoms with Crippen LogP contribution < -0.4 is 14.3 Å². The molecule has 1 aromatic heterocycles. The first-order valence-corrected chi connectivity index (χ1v) is 10.4. The largest absolute Gasteiger partial charge is 0.495 e. The summed E-state index contributed by atoms with van der Waals surface area (Å²) in [4.78, 5) is 0.475. The van der Waals surface area contributed by atoms with E-state index in [1.54, 1.807) is 61.3 Å². The van der Waals surface area contributed by atoms with Gasteiger partial charge in [-0.2, -0.15) is 8.42 Å². The lowest BCUT2D eigenvalue weighted by Gasteiger charge is -2.08. The highest BCUT2D eigenvalue weighted by molar-refractivity contribution is 7.90. The molecule has 0 atom stereocenters. The average Bonchev–Trinajstić information content (AvgIpc) is 2.99. The van der Waals surface area contributed by atoms with Crippen molar-refractivity contribution in [3.63, 3.8) is 0 Å². The van der Waals surface area contributed by atoms with Crippen LogP contribution in [0.1, 0.15) is 5.56 Å². The maximum atomic E-state index is 12.8. The minimum Gasteiger partial charge on any atom is -0.495 e. The van der Waals surface area contributed by atoms with E-state index in [9.17, 15) is 8.42 Å². The van der Waals surface area contributed by atoms with E-state index >= 15 is 0 Å². The van der Waals surface area contributed by atoms with Gasteiger partial charge in [0, 0.05) is 6.54 Å². The van der Waals surface area contributed by atoms with Crippen LogP contribution in [0.4, 0.5) is 0 Å². The zero-order valence-corrected chi connectivity index (χ0v) is 16.9. The summed E-state index contributed by atoms with van der Waals surface area (Å²) >= 11 is 1.23. The van der Waals surface area contributed by atoms with Gasteiger partial charge in [0.2, 0.25) is 4.80 Å². The van der Waals surface area contributed by atoms with Crippen molar-refractivity contribution in [3.05, 3.63) is 59.4 Å². The zero-order chi connectivity index (χ0) is 19.6. The topological polar surface area (TPSA) is 69.9 Å². The second-order valence-electron chi connectivity index (χ2n) is 5.81. The predicted molar refractivity (Wildman–Crippen MR) is 107 cm³/mol. The number of sulfonamides is 1. The lowest BCUT2D eigenvalue weighted by molar-refractivity contribution is 0.409. The Labute approximate surface area is 162 Å². The highest BCUT2D eigenvalue weighted by atomic mass is 32.2. The molecule has 8 heteroatoms. The molecule has 0 aliphatic heterocycles. The molecule has 0 unspecified atom stereocenters. The Morgan fingerprint density at radius 1 is 1.11 bits per heavy atom. The van der Waals surface area contributed by atoms with Crippen LogP contribution in [0.15, 0.2) is 58.3 Å². The Balaban J connectivity index is 2.33. The Bertz CT molecular complexity index is 1160. The van der Waals surface area contributed by atoms with Crippen molar-refractivity contribution in [1.82, 2.24) is 4.57 Å². The summed E-state index contributed by atoms with van der Waals surface area (Å²) in [6.45, 7) is 6.05. The normalized spacial score (nSPS) is 12.3. The summed E-state index contributed by atoms with van der Waals surface area (Å²) in [6, 6.07) is 10.2. The highest BCUT2D eigenvalue weighted by Gasteiger charge is 2.18. The molecule has 2 aromatic carbocycles. The maximum Gasteiger partial charge on any atom is 0.285 e. The molecular formula is C19H20N2O4S2. The van der Waals surface area contributed by atoms with Crippen LogP contribution >= 0.6 is 11.3 Å². The number of nitrogens with zero attached hydrogens (tertiary/aromatic N) is 2. The molecule has 1 heterocycles. The minimum absolute atomic E-state index is 0.148. The van der Waals surface area contributed by atoms with Gasteiger partial charge in [0.1, 0.15) is 21.7 Å². The number of hydrogen-bond acceptors (Lipinski definition) is 5. The second-order valence-corrected chi connectivity index (χ2v) is 8.39. The highest BCUT2D eigenvalue weighted by Crippen LogP contribution is 2.35. The summed E-state index contributed by atoms with van der Waals surface area (Å²) < 4.78 is 43.1. The number of benzene rings is 2. The molecule has 0 aliphatic carbocycles. The quantitative estimate of drug-likeness (QED) is 0.590. The van der Waals surface area contributed by atoms with Crippen LogP contribution in [0.3, 0.4) is 0 Å². The molecule has 3 aromatic rings. The third-order valence-electron chi connectivity index (χ3n) is 4.02. The predicted octanol–water partition coefficient (Wildman–Crippen LogP) is 3.50. The van der Waals surface area contributed by atoms with E-state index in [-0.39, 0.29) is 4.90 Å². The minimum atomic E-state index is -3.86. The number of thiazole rings is 1. The van der Waals surface area contributed by atoms with Gasteiger partial charge in [0.25, 0.3) is 10.0 Å². The first-order valence-electron chi connectivity index (χ1n) is 8.14. The van der Waals surface area contributed by atoms with Gasteiger partial charge in [0.15, 0.2) is 0 Å². The third kappa shape index (κ3) is 3.63. The van der Waals surface area contributed by atoms with Crippen LogP contribution in [0.25, 0.3) is 10.2 Å². The molecule has 27 heavy (non-hydrogen) atoms. The Hall–Kier alpha value is -2.58. The number of aromatic nitrogens is 1. The van der Waals surface area contributed by atoms with E-state index in [0.717, 1.165) is 15.8 Å². The molecule has 3 rings (SSSR count). The van der Waals surface area contributed by atoms with Gasteiger partial charge in [-0.05, 0) is 31.2 Å². The first-order chi connectivity index (χ1) is 12.9. The second kappa shape index (κ2) is 7.58. The number of rotatable bonds is 6. The number of hydrogen-bond donors (Lipinski definition) is 0. The van der Waals surface area contributed by atoms with E-state index in [2.05, 4.69) is 11.0 Å². The fourth-order valence-corrected chi connectivity index (χ4v) is 5.04. The molecule has 0 N–H and O–H groups in total. The summed E-state index contributed by atoms with van der Waals surface area (Å²) in [5.74, 6) is 1.24. The van der Waals surface area contributed by atoms with Crippen molar-refractivity contribution in [2.24, 2.45) is 4.40 Å². The van der Waals surface area contributed by atoms with E-state index in [0.29, 0.717) is 22.8 Å². The molecule has 0 fully saturated rings. The van der Waals surface area contributed by atoms with Crippen molar-refractivity contribution in [1.29, 1.82) is 0 Å². The van der Waals surface area contributed by atoms with E-state index in [1.807, 2.05) is 6.92 Å². The lowest BCUT2D eigenvalue weighted by atomic mass is 10.2. The van der Waals surface area contributed by atoms with Gasteiger partial charge in [0.05, 0.1) is 19.1 Å². The molecule has 0 saturated carbocycles. The zero-order valence-electron chi connectivity index (χ0n) is 15.3. The molecule has 0 bridgehead atoms. The van der Waals surface area contributed by atoms with Crippen LogP contribution in [0, 0.1) is 6.92 Å². The van der Waals surface area contributed by atoms with Gasteiger partial charge >= 0.3 is 0 Å². The third-order valence-corrected chi connectivity index (χ3v) is 6.51. The van der Waals surface area contributed by atoms with Crippen molar-refractivity contribution >= 4 is 31.6 Å². The monoisotopic (exact) mass is 404 g/mol. The fourth-order valence-electron chi connectivity index (χ4n) is 2.69. The fraction of sp³-hybridized carbons (Fsp3) is 0.211. The SMILES string of the molecule is C=CCn1c(=NS(=O)(=O)c2ccc(C)cc2)sc2c(OC)ccc(OC)c21. The molecule has 142 valence electrons. The standard InChI is InChI=1S/C19H20N2O4S2/c1-5-12-21-17-15(24-3)10-11-16(25-4)18(17)26-19(21)20-27(22,23)14-8-6-13(2)7-9-14/h5-11H,1,12H2,2-4H3.